The van der Waals surface area contributed by atoms with E-state index in [0.717, 1.165) is 29.6 Å². The van der Waals surface area contributed by atoms with Crippen LogP contribution in [0.15, 0.2) is 12.3 Å². The fourth-order valence-corrected chi connectivity index (χ4v) is 2.54. The van der Waals surface area contributed by atoms with E-state index in [1.165, 1.54) is 25.9 Å². The number of nitrogens with one attached hydrogen (secondary N) is 1. The van der Waals surface area contributed by atoms with Crippen molar-refractivity contribution in [2.45, 2.75) is 19.8 Å². The lowest BCUT2D eigenvalue weighted by atomic mass is 9.98. The van der Waals surface area contributed by atoms with Gasteiger partial charge < -0.3 is 15.0 Å². The van der Waals surface area contributed by atoms with Gasteiger partial charge in [0.05, 0.1) is 19.0 Å². The molecule has 0 saturated carbocycles. The van der Waals surface area contributed by atoms with Gasteiger partial charge in [-0.1, -0.05) is 0 Å². The first-order valence-corrected chi connectivity index (χ1v) is 6.62. The number of nitrogens with zero attached hydrogens (tertiary/aromatic N) is 2. The molecule has 0 aliphatic carbocycles. The summed E-state index contributed by atoms with van der Waals surface area (Å²) < 4.78 is 5.33. The lowest BCUT2D eigenvalue weighted by molar-refractivity contribution is 0.217. The van der Waals surface area contributed by atoms with E-state index in [4.69, 9.17) is 4.74 Å². The van der Waals surface area contributed by atoms with Crippen molar-refractivity contribution in [1.82, 2.24) is 9.88 Å². The van der Waals surface area contributed by atoms with Crippen LogP contribution in [0.3, 0.4) is 0 Å². The summed E-state index contributed by atoms with van der Waals surface area (Å²) in [7, 11) is 3.88. The Hall–Kier alpha value is -1.29. The van der Waals surface area contributed by atoms with Crippen molar-refractivity contribution in [2.75, 3.05) is 39.1 Å². The first-order valence-electron chi connectivity index (χ1n) is 6.62. The number of hydrogen-bond acceptors (Lipinski definition) is 4. The van der Waals surface area contributed by atoms with Gasteiger partial charge in [0.25, 0.3) is 0 Å². The van der Waals surface area contributed by atoms with E-state index in [1.807, 2.05) is 13.0 Å². The number of pyridine rings is 1. The van der Waals surface area contributed by atoms with Crippen LogP contribution in [0.4, 0.5) is 5.69 Å². The Labute approximate surface area is 109 Å². The van der Waals surface area contributed by atoms with Crippen LogP contribution in [0, 0.1) is 12.8 Å². The van der Waals surface area contributed by atoms with Crippen LogP contribution in [0.25, 0.3) is 0 Å². The summed E-state index contributed by atoms with van der Waals surface area (Å²) >= 11 is 0. The van der Waals surface area contributed by atoms with Crippen LogP contribution >= 0.6 is 0 Å². The van der Waals surface area contributed by atoms with Gasteiger partial charge in [0.15, 0.2) is 5.75 Å². The van der Waals surface area contributed by atoms with E-state index >= 15 is 0 Å². The second kappa shape index (κ2) is 6.05. The predicted molar refractivity (Wildman–Crippen MR) is 74.2 cm³/mol. The summed E-state index contributed by atoms with van der Waals surface area (Å²) in [4.78, 5) is 6.65. The molecule has 1 aromatic rings. The zero-order chi connectivity index (χ0) is 13.0. The molecule has 0 bridgehead atoms. The second-order valence-corrected chi connectivity index (χ2v) is 5.18. The summed E-state index contributed by atoms with van der Waals surface area (Å²) in [5.41, 5.74) is 2.07. The van der Waals surface area contributed by atoms with Crippen LogP contribution in [-0.4, -0.2) is 43.7 Å². The Morgan fingerprint density at radius 2 is 2.39 bits per heavy atom. The van der Waals surface area contributed by atoms with Crippen LogP contribution in [0.2, 0.25) is 0 Å². The van der Waals surface area contributed by atoms with E-state index in [2.05, 4.69) is 22.2 Å². The Morgan fingerprint density at radius 1 is 1.56 bits per heavy atom. The van der Waals surface area contributed by atoms with E-state index < -0.39 is 0 Å². The third-order valence-electron chi connectivity index (χ3n) is 3.53. The van der Waals surface area contributed by atoms with Crippen molar-refractivity contribution in [2.24, 2.45) is 5.92 Å². The van der Waals surface area contributed by atoms with Gasteiger partial charge in [-0.15, -0.1) is 0 Å². The second-order valence-electron chi connectivity index (χ2n) is 5.18. The Morgan fingerprint density at radius 3 is 3.11 bits per heavy atom. The molecule has 2 rings (SSSR count). The molecule has 0 radical (unpaired) electrons. The normalized spacial score (nSPS) is 20.7. The number of likely N-dealkylation sites (tertiary alicyclic amines) is 1. The molecule has 2 heterocycles. The number of hydrogen-bond donors (Lipinski definition) is 1. The number of ether oxygens (including phenoxy) is 1. The molecule has 1 fully saturated rings. The van der Waals surface area contributed by atoms with E-state index in [-0.39, 0.29) is 0 Å². The zero-order valence-corrected chi connectivity index (χ0v) is 11.6. The van der Waals surface area contributed by atoms with Crippen molar-refractivity contribution in [3.8, 4) is 5.75 Å². The van der Waals surface area contributed by atoms with Crippen LogP contribution in [-0.2, 0) is 0 Å². The molecule has 1 N–H and O–H groups in total. The summed E-state index contributed by atoms with van der Waals surface area (Å²) in [5, 5.41) is 3.50. The third kappa shape index (κ3) is 3.35. The number of anilines is 1. The number of aromatic nitrogens is 1. The topological polar surface area (TPSA) is 37.4 Å². The minimum atomic E-state index is 0.724. The van der Waals surface area contributed by atoms with Crippen molar-refractivity contribution in [3.63, 3.8) is 0 Å². The van der Waals surface area contributed by atoms with Crippen molar-refractivity contribution < 1.29 is 4.74 Å². The average Bonchev–Trinajstić information content (AvgIpc) is 2.37. The van der Waals surface area contributed by atoms with Crippen LogP contribution in [0.1, 0.15) is 18.5 Å². The van der Waals surface area contributed by atoms with Crippen LogP contribution in [0.5, 0.6) is 5.75 Å². The third-order valence-corrected chi connectivity index (χ3v) is 3.53. The maximum atomic E-state index is 5.33. The maximum Gasteiger partial charge on any atom is 0.160 e. The number of piperidine rings is 1. The standard InChI is InChI=1S/C14H23N3O/c1-11-7-13(14(18-3)9-15-11)16-8-12-5-4-6-17(2)10-12/h7,9,12H,4-6,8,10H2,1-3H3,(H,15,16). The molecular weight excluding hydrogens is 226 g/mol. The molecule has 1 unspecified atom stereocenters. The largest absolute Gasteiger partial charge is 0.493 e. The fourth-order valence-electron chi connectivity index (χ4n) is 2.54. The molecule has 18 heavy (non-hydrogen) atoms. The molecule has 1 aliphatic rings. The van der Waals surface area contributed by atoms with Crippen LogP contribution < -0.4 is 10.1 Å². The highest BCUT2D eigenvalue weighted by Crippen LogP contribution is 2.24. The molecular formula is C14H23N3O. The van der Waals surface area contributed by atoms with Gasteiger partial charge in [0.1, 0.15) is 0 Å². The van der Waals surface area contributed by atoms with Crippen molar-refractivity contribution in [3.05, 3.63) is 18.0 Å². The highest BCUT2D eigenvalue weighted by molar-refractivity contribution is 5.55. The van der Waals surface area contributed by atoms with E-state index in [0.29, 0.717) is 0 Å². The Kier molecular flexibility index (Phi) is 4.42. The minimum Gasteiger partial charge on any atom is -0.493 e. The summed E-state index contributed by atoms with van der Waals surface area (Å²) in [6.07, 6.45) is 4.39. The predicted octanol–water partition coefficient (Wildman–Crippen LogP) is 2.15. The smallest absolute Gasteiger partial charge is 0.160 e. The van der Waals surface area contributed by atoms with E-state index in [1.54, 1.807) is 13.3 Å². The lowest BCUT2D eigenvalue weighted by Crippen LogP contribution is -2.35. The Bertz CT molecular complexity index is 395. The quantitative estimate of drug-likeness (QED) is 0.887. The van der Waals surface area contributed by atoms with Crippen molar-refractivity contribution in [1.29, 1.82) is 0 Å². The van der Waals surface area contributed by atoms with Crippen molar-refractivity contribution >= 4 is 5.69 Å². The van der Waals surface area contributed by atoms with Gasteiger partial charge in [0.2, 0.25) is 0 Å². The summed E-state index contributed by atoms with van der Waals surface area (Å²) in [5.74, 6) is 1.55. The number of aryl methyl sites for hydroxylation is 1. The molecule has 1 aliphatic heterocycles. The lowest BCUT2D eigenvalue weighted by Gasteiger charge is -2.30. The average molecular weight is 249 g/mol. The highest BCUT2D eigenvalue weighted by atomic mass is 16.5. The monoisotopic (exact) mass is 249 g/mol. The molecule has 100 valence electrons. The van der Waals surface area contributed by atoms with Gasteiger partial charge in [-0.05, 0) is 45.3 Å². The Balaban J connectivity index is 1.94. The zero-order valence-electron chi connectivity index (χ0n) is 11.6. The minimum absolute atomic E-state index is 0.724. The molecule has 1 aromatic heterocycles. The first-order chi connectivity index (χ1) is 8.69. The molecule has 0 spiro atoms. The fraction of sp³-hybridized carbons (Fsp3) is 0.643. The van der Waals surface area contributed by atoms with Gasteiger partial charge in [0, 0.05) is 18.8 Å². The summed E-state index contributed by atoms with van der Waals surface area (Å²) in [6.45, 7) is 5.41. The maximum absolute atomic E-state index is 5.33. The van der Waals surface area contributed by atoms with Gasteiger partial charge in [-0.2, -0.15) is 0 Å². The van der Waals surface area contributed by atoms with Gasteiger partial charge in [-0.3, -0.25) is 4.98 Å². The molecule has 1 atom stereocenters. The molecule has 1 saturated heterocycles. The summed E-state index contributed by atoms with van der Waals surface area (Å²) in [6, 6.07) is 2.05. The molecule has 0 aromatic carbocycles. The molecule has 4 nitrogen and oxygen atoms in total. The molecule has 4 heteroatoms. The number of rotatable bonds is 4. The van der Waals surface area contributed by atoms with Gasteiger partial charge in [-0.25, -0.2) is 0 Å². The van der Waals surface area contributed by atoms with E-state index in [9.17, 15) is 0 Å². The first kappa shape index (κ1) is 13.1. The number of methoxy groups -OCH3 is 1. The van der Waals surface area contributed by atoms with Gasteiger partial charge >= 0.3 is 0 Å². The molecule has 0 amide bonds. The SMILES string of the molecule is COc1cnc(C)cc1NCC1CCCN(C)C1. The highest BCUT2D eigenvalue weighted by Gasteiger charge is 2.17.